The van der Waals surface area contributed by atoms with Crippen LogP contribution >= 0.6 is 11.8 Å². The molecule has 2 aromatic rings. The number of carbonyl (C=O) groups is 1. The quantitative estimate of drug-likeness (QED) is 0.666. The highest BCUT2D eigenvalue weighted by molar-refractivity contribution is 7.99. The number of nitrogens with zero attached hydrogens (tertiary/aromatic N) is 3. The number of benzene rings is 1. The molecule has 0 unspecified atom stereocenters. The maximum absolute atomic E-state index is 12.4. The number of para-hydroxylation sites is 1. The average Bonchev–Trinajstić information content (AvgIpc) is 2.84. The van der Waals surface area contributed by atoms with Crippen molar-refractivity contribution in [3.63, 3.8) is 0 Å². The molecule has 1 aromatic carbocycles. The van der Waals surface area contributed by atoms with Gasteiger partial charge >= 0.3 is 0 Å². The van der Waals surface area contributed by atoms with Gasteiger partial charge in [-0.15, -0.1) is 10.2 Å². The van der Waals surface area contributed by atoms with Crippen molar-refractivity contribution in [2.45, 2.75) is 18.0 Å². The third-order valence-electron chi connectivity index (χ3n) is 3.84. The van der Waals surface area contributed by atoms with E-state index < -0.39 is 0 Å². The first kappa shape index (κ1) is 15.9. The molecular formula is C16H20N4O2S. The highest BCUT2D eigenvalue weighted by Gasteiger charge is 2.23. The van der Waals surface area contributed by atoms with Gasteiger partial charge in [0.2, 0.25) is 5.91 Å². The van der Waals surface area contributed by atoms with E-state index in [-0.39, 0.29) is 11.8 Å². The first-order chi connectivity index (χ1) is 11.2. The summed E-state index contributed by atoms with van der Waals surface area (Å²) in [6.07, 6.45) is 3.15. The Balaban J connectivity index is 1.48. The molecule has 0 bridgehead atoms. The first-order valence-electron chi connectivity index (χ1n) is 7.69. The topological polar surface area (TPSA) is 69.0 Å². The second-order valence-corrected chi connectivity index (χ2v) is 6.57. The summed E-state index contributed by atoms with van der Waals surface area (Å²) >= 11 is 1.58. The average molecular weight is 332 g/mol. The van der Waals surface area contributed by atoms with Gasteiger partial charge in [-0.25, -0.2) is 0 Å². The molecule has 0 aliphatic carbocycles. The molecule has 7 heteroatoms. The molecular weight excluding hydrogens is 312 g/mol. The van der Waals surface area contributed by atoms with Crippen molar-refractivity contribution >= 4 is 17.7 Å². The Morgan fingerprint density at radius 2 is 2.35 bits per heavy atom. The molecule has 1 aliphatic rings. The monoisotopic (exact) mass is 332 g/mol. The molecule has 1 aromatic heterocycles. The normalized spacial score (nSPS) is 17.0. The summed E-state index contributed by atoms with van der Waals surface area (Å²) in [6, 6.07) is 7.95. The fourth-order valence-corrected chi connectivity index (χ4v) is 3.32. The van der Waals surface area contributed by atoms with Crippen molar-refractivity contribution in [1.82, 2.24) is 20.1 Å². The van der Waals surface area contributed by atoms with Crippen LogP contribution in [0.3, 0.4) is 0 Å². The number of thioether (sulfide) groups is 1. The van der Waals surface area contributed by atoms with E-state index in [1.54, 1.807) is 18.1 Å². The fourth-order valence-electron chi connectivity index (χ4n) is 2.58. The Labute approximate surface area is 139 Å². The molecule has 0 saturated heterocycles. The van der Waals surface area contributed by atoms with Gasteiger partial charge in [-0.3, -0.25) is 4.79 Å². The molecule has 2 heterocycles. The van der Waals surface area contributed by atoms with Crippen LogP contribution in [-0.4, -0.2) is 39.6 Å². The minimum absolute atomic E-state index is 0.0292. The van der Waals surface area contributed by atoms with E-state index in [1.165, 1.54) is 0 Å². The lowest BCUT2D eigenvalue weighted by atomic mass is 9.96. The molecule has 1 atom stereocenters. The zero-order chi connectivity index (χ0) is 16.1. The Morgan fingerprint density at radius 3 is 3.17 bits per heavy atom. The van der Waals surface area contributed by atoms with Gasteiger partial charge in [0, 0.05) is 25.3 Å². The fraction of sp³-hybridized carbons (Fsp3) is 0.438. The number of fused-ring (bicyclic) bond motifs is 1. The lowest BCUT2D eigenvalue weighted by Crippen LogP contribution is -2.33. The summed E-state index contributed by atoms with van der Waals surface area (Å²) < 4.78 is 7.58. The van der Waals surface area contributed by atoms with Gasteiger partial charge in [0.05, 0.1) is 6.61 Å². The predicted octanol–water partition coefficient (Wildman–Crippen LogP) is 1.66. The van der Waals surface area contributed by atoms with Crippen LogP contribution < -0.4 is 10.1 Å². The smallest absolute Gasteiger partial charge is 0.223 e. The molecule has 6 nitrogen and oxygen atoms in total. The van der Waals surface area contributed by atoms with Crippen molar-refractivity contribution in [3.05, 3.63) is 36.2 Å². The van der Waals surface area contributed by atoms with Gasteiger partial charge in [0.25, 0.3) is 0 Å². The Hall–Kier alpha value is -2.02. The van der Waals surface area contributed by atoms with E-state index in [9.17, 15) is 4.79 Å². The Bertz CT molecular complexity index is 674. The summed E-state index contributed by atoms with van der Waals surface area (Å²) in [7, 11) is 1.91. The molecule has 0 fully saturated rings. The van der Waals surface area contributed by atoms with E-state index in [2.05, 4.69) is 15.5 Å². The van der Waals surface area contributed by atoms with Gasteiger partial charge in [-0.05, 0) is 24.5 Å². The Morgan fingerprint density at radius 1 is 1.48 bits per heavy atom. The number of ether oxygens (including phenoxy) is 1. The van der Waals surface area contributed by atoms with Crippen LogP contribution in [0.1, 0.15) is 12.0 Å². The molecule has 0 spiro atoms. The highest BCUT2D eigenvalue weighted by atomic mass is 32.2. The minimum Gasteiger partial charge on any atom is -0.493 e. The molecule has 3 rings (SSSR count). The van der Waals surface area contributed by atoms with Crippen molar-refractivity contribution < 1.29 is 9.53 Å². The van der Waals surface area contributed by atoms with E-state index >= 15 is 0 Å². The Kier molecular flexibility index (Phi) is 5.17. The SMILES string of the molecule is Cn1cnnc1SCCNC(=O)[C@@H]1CCOc2ccccc2C1. The number of nitrogens with one attached hydrogen (secondary N) is 1. The maximum Gasteiger partial charge on any atom is 0.223 e. The zero-order valence-corrected chi connectivity index (χ0v) is 13.9. The lowest BCUT2D eigenvalue weighted by molar-refractivity contribution is -0.125. The third-order valence-corrected chi connectivity index (χ3v) is 4.87. The second-order valence-electron chi connectivity index (χ2n) is 5.51. The van der Waals surface area contributed by atoms with Gasteiger partial charge in [-0.2, -0.15) is 0 Å². The highest BCUT2D eigenvalue weighted by Crippen LogP contribution is 2.26. The second kappa shape index (κ2) is 7.50. The molecule has 122 valence electrons. The predicted molar refractivity (Wildman–Crippen MR) is 88.5 cm³/mol. The molecule has 23 heavy (non-hydrogen) atoms. The van der Waals surface area contributed by atoms with Crippen LogP contribution in [0.25, 0.3) is 0 Å². The van der Waals surface area contributed by atoms with Crippen LogP contribution in [0.2, 0.25) is 0 Å². The van der Waals surface area contributed by atoms with Gasteiger partial charge in [-0.1, -0.05) is 30.0 Å². The molecule has 0 radical (unpaired) electrons. The van der Waals surface area contributed by atoms with E-state index in [4.69, 9.17) is 4.74 Å². The van der Waals surface area contributed by atoms with Crippen molar-refractivity contribution in [2.24, 2.45) is 13.0 Å². The summed E-state index contributed by atoms with van der Waals surface area (Å²) in [4.78, 5) is 12.4. The third kappa shape index (κ3) is 4.04. The number of hydrogen-bond acceptors (Lipinski definition) is 5. The van der Waals surface area contributed by atoms with Crippen LogP contribution in [0.15, 0.2) is 35.7 Å². The number of hydrogen-bond donors (Lipinski definition) is 1. The van der Waals surface area contributed by atoms with E-state index in [1.807, 2.05) is 35.9 Å². The number of aryl methyl sites for hydroxylation is 1. The standard InChI is InChI=1S/C16H20N4O2S/c1-20-11-18-19-16(20)23-9-7-17-15(21)13-6-8-22-14-5-3-2-4-12(14)10-13/h2-5,11,13H,6-10H2,1H3,(H,17,21)/t13-/m1/s1. The largest absolute Gasteiger partial charge is 0.493 e. The maximum atomic E-state index is 12.4. The molecule has 1 N–H and O–H groups in total. The summed E-state index contributed by atoms with van der Waals surface area (Å²) in [6.45, 7) is 1.21. The number of carbonyl (C=O) groups excluding carboxylic acids is 1. The van der Waals surface area contributed by atoms with Crippen molar-refractivity contribution in [3.8, 4) is 5.75 Å². The zero-order valence-electron chi connectivity index (χ0n) is 13.1. The van der Waals surface area contributed by atoms with Gasteiger partial charge in [0.15, 0.2) is 5.16 Å². The summed E-state index contributed by atoms with van der Waals surface area (Å²) in [5, 5.41) is 11.7. The van der Waals surface area contributed by atoms with Gasteiger partial charge < -0.3 is 14.6 Å². The summed E-state index contributed by atoms with van der Waals surface area (Å²) in [5.41, 5.74) is 1.11. The molecule has 1 amide bonds. The van der Waals surface area contributed by atoms with Crippen LogP contribution in [0.5, 0.6) is 5.75 Å². The number of aromatic nitrogens is 3. The van der Waals surface area contributed by atoms with Crippen LogP contribution in [0, 0.1) is 5.92 Å². The van der Waals surface area contributed by atoms with E-state index in [0.29, 0.717) is 13.2 Å². The molecule has 0 saturated carbocycles. The van der Waals surface area contributed by atoms with Crippen molar-refractivity contribution in [2.75, 3.05) is 18.9 Å². The first-order valence-corrected chi connectivity index (χ1v) is 8.68. The van der Waals surface area contributed by atoms with Crippen molar-refractivity contribution in [1.29, 1.82) is 0 Å². The van der Waals surface area contributed by atoms with Gasteiger partial charge in [0.1, 0.15) is 12.1 Å². The van der Waals surface area contributed by atoms with E-state index in [0.717, 1.165) is 35.1 Å². The number of rotatable bonds is 5. The van der Waals surface area contributed by atoms with Crippen LogP contribution in [0.4, 0.5) is 0 Å². The van der Waals surface area contributed by atoms with Crippen LogP contribution in [-0.2, 0) is 18.3 Å². The lowest BCUT2D eigenvalue weighted by Gasteiger charge is -2.13. The summed E-state index contributed by atoms with van der Waals surface area (Å²) in [5.74, 6) is 1.75. The minimum atomic E-state index is -0.0292. The number of amides is 1. The molecule has 1 aliphatic heterocycles.